The molecule has 5 nitrogen and oxygen atoms in total. The molecule has 0 N–H and O–H groups in total. The molecule has 2 aromatic carbocycles. The third-order valence-corrected chi connectivity index (χ3v) is 5.34. The predicted molar refractivity (Wildman–Crippen MR) is 106 cm³/mol. The maximum absolute atomic E-state index is 13.0. The number of benzene rings is 2. The van der Waals surface area contributed by atoms with Crippen molar-refractivity contribution in [2.24, 2.45) is 0 Å². The second-order valence-corrected chi connectivity index (χ2v) is 7.21. The largest absolute Gasteiger partial charge is 0.338 e. The average molecular weight is 360 g/mol. The van der Waals surface area contributed by atoms with Crippen LogP contribution in [0.25, 0.3) is 11.0 Å². The van der Waals surface area contributed by atoms with Gasteiger partial charge in [0.25, 0.3) is 0 Å². The fourth-order valence-electron chi connectivity index (χ4n) is 3.72. The van der Waals surface area contributed by atoms with Crippen LogP contribution in [-0.2, 0) is 24.3 Å². The lowest BCUT2D eigenvalue weighted by atomic mass is 9.98. The van der Waals surface area contributed by atoms with E-state index in [1.54, 1.807) is 11.1 Å². The summed E-state index contributed by atoms with van der Waals surface area (Å²) in [4.78, 5) is 26.0. The lowest BCUT2D eigenvalue weighted by molar-refractivity contribution is -0.136. The zero-order valence-electron chi connectivity index (χ0n) is 15.8. The third-order valence-electron chi connectivity index (χ3n) is 5.34. The molecular formula is C22H24N4O. The molecule has 2 heterocycles. The number of likely N-dealkylation sites (N-methyl/N-ethyl adjacent to an activating group) is 1. The average Bonchev–Trinajstić information content (AvgIpc) is 2.72. The standard InChI is InChI=1S/C22H24N4O/c1-16(26-12-11-17-7-3-4-8-18(17)14-26)22(27)25(2)15-19-13-23-20-9-5-6-10-21(20)24-19/h3-10,13,16H,11-12,14-15H2,1-2H3/t16-/m0/s1. The van der Waals surface area contributed by atoms with Gasteiger partial charge in [0.15, 0.2) is 0 Å². The van der Waals surface area contributed by atoms with Crippen LogP contribution in [0.15, 0.2) is 54.7 Å². The quantitative estimate of drug-likeness (QED) is 0.718. The van der Waals surface area contributed by atoms with E-state index in [1.807, 2.05) is 38.2 Å². The lowest BCUT2D eigenvalue weighted by Gasteiger charge is -2.34. The number of hydrogen-bond donors (Lipinski definition) is 0. The number of amides is 1. The van der Waals surface area contributed by atoms with E-state index in [0.717, 1.165) is 36.2 Å². The highest BCUT2D eigenvalue weighted by atomic mass is 16.2. The van der Waals surface area contributed by atoms with Gasteiger partial charge in [0.2, 0.25) is 5.91 Å². The maximum atomic E-state index is 13.0. The highest BCUT2D eigenvalue weighted by molar-refractivity contribution is 5.81. The second kappa shape index (κ2) is 7.45. The summed E-state index contributed by atoms with van der Waals surface area (Å²) >= 11 is 0. The summed E-state index contributed by atoms with van der Waals surface area (Å²) in [6.45, 7) is 4.20. The minimum absolute atomic E-state index is 0.115. The van der Waals surface area contributed by atoms with Crippen molar-refractivity contribution < 1.29 is 4.79 Å². The van der Waals surface area contributed by atoms with Crippen molar-refractivity contribution in [2.45, 2.75) is 32.5 Å². The van der Waals surface area contributed by atoms with E-state index in [9.17, 15) is 4.79 Å². The molecule has 0 saturated heterocycles. The molecule has 5 heteroatoms. The van der Waals surface area contributed by atoms with E-state index >= 15 is 0 Å². The fraction of sp³-hybridized carbons (Fsp3) is 0.318. The number of rotatable bonds is 4. The molecule has 3 aromatic rings. The zero-order chi connectivity index (χ0) is 18.8. The topological polar surface area (TPSA) is 49.3 Å². The van der Waals surface area contributed by atoms with Crippen molar-refractivity contribution in [3.05, 3.63) is 71.5 Å². The van der Waals surface area contributed by atoms with Gasteiger partial charge < -0.3 is 4.90 Å². The van der Waals surface area contributed by atoms with E-state index in [2.05, 4.69) is 39.1 Å². The van der Waals surface area contributed by atoms with Gasteiger partial charge in [-0.2, -0.15) is 0 Å². The molecule has 0 spiro atoms. The van der Waals surface area contributed by atoms with Gasteiger partial charge in [0.05, 0.1) is 35.5 Å². The number of carbonyl (C=O) groups excluding carboxylic acids is 1. The summed E-state index contributed by atoms with van der Waals surface area (Å²) in [5, 5.41) is 0. The van der Waals surface area contributed by atoms with Crippen LogP contribution in [0, 0.1) is 0 Å². The highest BCUT2D eigenvalue weighted by Gasteiger charge is 2.27. The molecule has 0 aliphatic carbocycles. The Morgan fingerprint density at radius 1 is 1.11 bits per heavy atom. The molecular weight excluding hydrogens is 336 g/mol. The van der Waals surface area contributed by atoms with Crippen LogP contribution in [0.3, 0.4) is 0 Å². The first kappa shape index (κ1) is 17.6. The monoisotopic (exact) mass is 360 g/mol. The van der Waals surface area contributed by atoms with Crippen molar-refractivity contribution in [1.29, 1.82) is 0 Å². The van der Waals surface area contributed by atoms with E-state index in [4.69, 9.17) is 0 Å². The molecule has 27 heavy (non-hydrogen) atoms. The number of para-hydroxylation sites is 2. The molecule has 1 aliphatic rings. The summed E-state index contributed by atoms with van der Waals surface area (Å²) in [5.74, 6) is 0.115. The molecule has 0 fully saturated rings. The van der Waals surface area contributed by atoms with Gasteiger partial charge in [0, 0.05) is 20.1 Å². The van der Waals surface area contributed by atoms with Crippen molar-refractivity contribution >= 4 is 16.9 Å². The van der Waals surface area contributed by atoms with Gasteiger partial charge in [-0.1, -0.05) is 36.4 Å². The van der Waals surface area contributed by atoms with Crippen LogP contribution in [-0.4, -0.2) is 45.3 Å². The van der Waals surface area contributed by atoms with Gasteiger partial charge >= 0.3 is 0 Å². The predicted octanol–water partition coefficient (Wildman–Crippen LogP) is 3.04. The van der Waals surface area contributed by atoms with Gasteiger partial charge in [-0.25, -0.2) is 4.98 Å². The number of nitrogens with zero attached hydrogens (tertiary/aromatic N) is 4. The third kappa shape index (κ3) is 3.69. The summed E-state index contributed by atoms with van der Waals surface area (Å²) in [7, 11) is 1.84. The molecule has 138 valence electrons. The van der Waals surface area contributed by atoms with Crippen LogP contribution >= 0.6 is 0 Å². The van der Waals surface area contributed by atoms with Crippen molar-refractivity contribution in [3.8, 4) is 0 Å². The van der Waals surface area contributed by atoms with Crippen LogP contribution < -0.4 is 0 Å². The van der Waals surface area contributed by atoms with Gasteiger partial charge in [-0.15, -0.1) is 0 Å². The number of hydrogen-bond acceptors (Lipinski definition) is 4. The van der Waals surface area contributed by atoms with Crippen LogP contribution in [0.5, 0.6) is 0 Å². The Balaban J connectivity index is 1.43. The molecule has 4 rings (SSSR count). The highest BCUT2D eigenvalue weighted by Crippen LogP contribution is 2.21. The van der Waals surface area contributed by atoms with Crippen molar-refractivity contribution in [1.82, 2.24) is 19.8 Å². The number of fused-ring (bicyclic) bond motifs is 2. The summed E-state index contributed by atoms with van der Waals surface area (Å²) < 4.78 is 0. The molecule has 1 atom stereocenters. The molecule has 0 unspecified atom stereocenters. The normalized spacial score (nSPS) is 15.3. The Bertz CT molecular complexity index is 971. The van der Waals surface area contributed by atoms with Gasteiger partial charge in [0.1, 0.15) is 0 Å². The Kier molecular flexibility index (Phi) is 4.86. The Hall–Kier alpha value is -2.79. The molecule has 0 saturated carbocycles. The molecule has 0 radical (unpaired) electrons. The molecule has 0 bridgehead atoms. The van der Waals surface area contributed by atoms with E-state index in [0.29, 0.717) is 6.54 Å². The first-order valence-electron chi connectivity index (χ1n) is 9.38. The Labute approximate surface area is 159 Å². The maximum Gasteiger partial charge on any atom is 0.239 e. The smallest absolute Gasteiger partial charge is 0.239 e. The number of aromatic nitrogens is 2. The minimum atomic E-state index is -0.156. The molecule has 1 aliphatic heterocycles. The second-order valence-electron chi connectivity index (χ2n) is 7.21. The van der Waals surface area contributed by atoms with E-state index < -0.39 is 0 Å². The Morgan fingerprint density at radius 3 is 2.63 bits per heavy atom. The van der Waals surface area contributed by atoms with Crippen molar-refractivity contribution in [3.63, 3.8) is 0 Å². The van der Waals surface area contributed by atoms with Crippen LogP contribution in [0.2, 0.25) is 0 Å². The number of carbonyl (C=O) groups is 1. The zero-order valence-corrected chi connectivity index (χ0v) is 15.8. The first-order chi connectivity index (χ1) is 13.1. The van der Waals surface area contributed by atoms with E-state index in [1.165, 1.54) is 11.1 Å². The van der Waals surface area contributed by atoms with Gasteiger partial charge in [-0.3, -0.25) is 14.7 Å². The SMILES string of the molecule is C[C@@H](C(=O)N(C)Cc1cnc2ccccc2n1)N1CCc2ccccc2C1. The van der Waals surface area contributed by atoms with Crippen LogP contribution in [0.4, 0.5) is 0 Å². The summed E-state index contributed by atoms with van der Waals surface area (Å²) in [5.41, 5.74) is 5.26. The molecule has 1 amide bonds. The molecule has 1 aromatic heterocycles. The summed E-state index contributed by atoms with van der Waals surface area (Å²) in [6.07, 6.45) is 2.75. The van der Waals surface area contributed by atoms with Crippen LogP contribution in [0.1, 0.15) is 23.7 Å². The lowest BCUT2D eigenvalue weighted by Crippen LogP contribution is -2.47. The van der Waals surface area contributed by atoms with Crippen molar-refractivity contribution in [2.75, 3.05) is 13.6 Å². The van der Waals surface area contributed by atoms with Gasteiger partial charge in [-0.05, 0) is 36.6 Å². The van der Waals surface area contributed by atoms with E-state index in [-0.39, 0.29) is 11.9 Å². The fourth-order valence-corrected chi connectivity index (χ4v) is 3.72. The minimum Gasteiger partial charge on any atom is -0.338 e. The Morgan fingerprint density at radius 2 is 1.81 bits per heavy atom. The first-order valence-corrected chi connectivity index (χ1v) is 9.38. The summed E-state index contributed by atoms with van der Waals surface area (Å²) in [6, 6.07) is 16.1.